The third kappa shape index (κ3) is 3.78. The molecule has 1 atom stereocenters. The van der Waals surface area contributed by atoms with Crippen LogP contribution in [0.4, 0.5) is 0 Å². The molecule has 1 fully saturated rings. The Morgan fingerprint density at radius 2 is 1.74 bits per heavy atom. The molecule has 2 aliphatic rings. The highest BCUT2D eigenvalue weighted by molar-refractivity contribution is 6.46. The lowest BCUT2D eigenvalue weighted by Crippen LogP contribution is -2.35. The molecule has 0 bridgehead atoms. The number of ketones is 1. The minimum atomic E-state index is -0.709. The molecule has 1 unspecified atom stereocenters. The van der Waals surface area contributed by atoms with Crippen LogP contribution in [0, 0.1) is 0 Å². The van der Waals surface area contributed by atoms with Crippen LogP contribution in [0.25, 0.3) is 16.5 Å². The lowest BCUT2D eigenvalue weighted by Gasteiger charge is -2.27. The molecule has 34 heavy (non-hydrogen) atoms. The molecule has 0 aromatic heterocycles. The predicted molar refractivity (Wildman–Crippen MR) is 129 cm³/mol. The van der Waals surface area contributed by atoms with Crippen molar-refractivity contribution >= 4 is 28.2 Å². The fourth-order valence-corrected chi connectivity index (χ4v) is 4.58. The largest absolute Gasteiger partial charge is 0.507 e. The minimum Gasteiger partial charge on any atom is -0.507 e. The molecule has 1 N–H and O–H groups in total. The monoisotopic (exact) mass is 458 g/mol. The highest BCUT2D eigenvalue weighted by atomic mass is 16.6. The number of hydrogen-bond donors (Lipinski definition) is 1. The van der Waals surface area contributed by atoms with Gasteiger partial charge in [0.1, 0.15) is 19.0 Å². The molecule has 0 saturated carbocycles. The van der Waals surface area contributed by atoms with Crippen molar-refractivity contribution < 1.29 is 24.2 Å². The fourth-order valence-electron chi connectivity index (χ4n) is 4.58. The smallest absolute Gasteiger partial charge is 0.295 e. The number of ether oxygens (including phenoxy) is 2. The summed E-state index contributed by atoms with van der Waals surface area (Å²) in [5.74, 6) is -0.442. The fraction of sp³-hybridized carbons (Fsp3) is 0.259. The van der Waals surface area contributed by atoms with Gasteiger partial charge in [0.25, 0.3) is 11.7 Å². The van der Waals surface area contributed by atoms with E-state index in [1.807, 2.05) is 61.5 Å². The molecule has 174 valence electrons. The number of Topliss-reactive ketones (excluding diaryl/α,β-unsaturated/α-hetero) is 1. The number of hydrogen-bond acceptors (Lipinski definition) is 6. The van der Waals surface area contributed by atoms with Crippen molar-refractivity contribution in [2.24, 2.45) is 0 Å². The number of nitrogens with zero attached hydrogens (tertiary/aromatic N) is 2. The van der Waals surface area contributed by atoms with Crippen LogP contribution in [-0.2, 0) is 9.59 Å². The molecule has 2 heterocycles. The molecule has 7 nitrogen and oxygen atoms in total. The Hall–Kier alpha value is -3.84. The predicted octanol–water partition coefficient (Wildman–Crippen LogP) is 3.59. The summed E-state index contributed by atoms with van der Waals surface area (Å²) in [6.07, 6.45) is 0. The van der Waals surface area contributed by atoms with Crippen LogP contribution >= 0.6 is 0 Å². The molecule has 2 aliphatic heterocycles. The van der Waals surface area contributed by atoms with Gasteiger partial charge in [-0.1, -0.05) is 42.5 Å². The zero-order chi connectivity index (χ0) is 23.8. The Morgan fingerprint density at radius 3 is 2.53 bits per heavy atom. The summed E-state index contributed by atoms with van der Waals surface area (Å²) in [6.45, 7) is 1.79. The van der Waals surface area contributed by atoms with E-state index in [9.17, 15) is 14.7 Å². The Kier molecular flexibility index (Phi) is 5.71. The lowest BCUT2D eigenvalue weighted by molar-refractivity contribution is -0.140. The molecule has 1 saturated heterocycles. The van der Waals surface area contributed by atoms with Crippen LogP contribution in [0.15, 0.2) is 66.2 Å². The van der Waals surface area contributed by atoms with Gasteiger partial charge in [-0.2, -0.15) is 0 Å². The second kappa shape index (κ2) is 8.83. The average molecular weight is 459 g/mol. The average Bonchev–Trinajstić information content (AvgIpc) is 3.11. The van der Waals surface area contributed by atoms with Gasteiger partial charge in [0, 0.05) is 18.7 Å². The van der Waals surface area contributed by atoms with E-state index in [0.717, 1.165) is 16.3 Å². The molecular formula is C27H26N2O5. The van der Waals surface area contributed by atoms with Crippen LogP contribution < -0.4 is 9.47 Å². The normalized spacial score (nSPS) is 19.3. The number of carbonyl (C=O) groups is 2. The van der Waals surface area contributed by atoms with Crippen molar-refractivity contribution in [1.29, 1.82) is 0 Å². The van der Waals surface area contributed by atoms with Gasteiger partial charge >= 0.3 is 0 Å². The second-order valence-corrected chi connectivity index (χ2v) is 8.72. The van der Waals surface area contributed by atoms with Crippen LogP contribution in [0.3, 0.4) is 0 Å². The van der Waals surface area contributed by atoms with Gasteiger partial charge in [0.05, 0.1) is 11.6 Å². The Bertz CT molecular complexity index is 1310. The van der Waals surface area contributed by atoms with Gasteiger partial charge in [-0.3, -0.25) is 9.59 Å². The van der Waals surface area contributed by atoms with Gasteiger partial charge in [-0.15, -0.1) is 0 Å². The zero-order valence-electron chi connectivity index (χ0n) is 19.2. The maximum absolute atomic E-state index is 13.3. The molecule has 5 rings (SSSR count). The van der Waals surface area contributed by atoms with E-state index in [0.29, 0.717) is 43.4 Å². The number of fused-ring (bicyclic) bond motifs is 2. The number of aliphatic hydroxyl groups is 1. The van der Waals surface area contributed by atoms with Crippen LogP contribution in [0.2, 0.25) is 0 Å². The number of amides is 1. The summed E-state index contributed by atoms with van der Waals surface area (Å²) in [4.78, 5) is 30.0. The molecule has 0 spiro atoms. The minimum absolute atomic E-state index is 0.0804. The number of rotatable bonds is 5. The second-order valence-electron chi connectivity index (χ2n) is 8.72. The first kappa shape index (κ1) is 22.0. The van der Waals surface area contributed by atoms with Crippen molar-refractivity contribution in [3.63, 3.8) is 0 Å². The third-order valence-electron chi connectivity index (χ3n) is 6.26. The van der Waals surface area contributed by atoms with Crippen molar-refractivity contribution in [1.82, 2.24) is 9.80 Å². The van der Waals surface area contributed by atoms with E-state index in [1.54, 1.807) is 23.1 Å². The molecule has 7 heteroatoms. The summed E-state index contributed by atoms with van der Waals surface area (Å²) in [6, 6.07) is 18.0. The van der Waals surface area contributed by atoms with E-state index in [4.69, 9.17) is 9.47 Å². The van der Waals surface area contributed by atoms with Crippen LogP contribution in [0.1, 0.15) is 17.2 Å². The first-order valence-electron chi connectivity index (χ1n) is 11.3. The zero-order valence-corrected chi connectivity index (χ0v) is 19.2. The van der Waals surface area contributed by atoms with E-state index in [2.05, 4.69) is 0 Å². The number of likely N-dealkylation sites (N-methyl/N-ethyl adjacent to an activating group) is 1. The first-order valence-corrected chi connectivity index (χ1v) is 11.3. The number of benzene rings is 3. The van der Waals surface area contributed by atoms with E-state index in [1.165, 1.54) is 0 Å². The van der Waals surface area contributed by atoms with Crippen molar-refractivity contribution in [3.8, 4) is 11.5 Å². The van der Waals surface area contributed by atoms with Gasteiger partial charge < -0.3 is 24.4 Å². The topological polar surface area (TPSA) is 79.3 Å². The summed E-state index contributed by atoms with van der Waals surface area (Å²) >= 11 is 0. The summed E-state index contributed by atoms with van der Waals surface area (Å²) < 4.78 is 11.2. The van der Waals surface area contributed by atoms with E-state index >= 15 is 0 Å². The third-order valence-corrected chi connectivity index (χ3v) is 6.26. The molecule has 1 amide bonds. The maximum atomic E-state index is 13.3. The Labute approximate surface area is 197 Å². The van der Waals surface area contributed by atoms with E-state index < -0.39 is 17.7 Å². The molecule has 0 aliphatic carbocycles. The van der Waals surface area contributed by atoms with Crippen molar-refractivity contribution in [2.45, 2.75) is 6.04 Å². The maximum Gasteiger partial charge on any atom is 0.295 e. The molecule has 3 aromatic rings. The number of carbonyl (C=O) groups excluding carboxylic acids is 2. The first-order chi connectivity index (χ1) is 16.5. The molecular weight excluding hydrogens is 432 g/mol. The highest BCUT2D eigenvalue weighted by Gasteiger charge is 2.46. The van der Waals surface area contributed by atoms with Crippen molar-refractivity contribution in [3.05, 3.63) is 77.4 Å². The molecule has 0 radical (unpaired) electrons. The van der Waals surface area contributed by atoms with Gasteiger partial charge in [-0.05, 0) is 48.6 Å². The SMILES string of the molecule is CN(C)CCN1C(=O)C(=O)/C(=C(/O)c2ccc3c(c2)OCCO3)C1c1cccc2ccccc12. The lowest BCUT2D eigenvalue weighted by atomic mass is 9.91. The van der Waals surface area contributed by atoms with Gasteiger partial charge in [0.15, 0.2) is 11.5 Å². The van der Waals surface area contributed by atoms with Gasteiger partial charge in [0.2, 0.25) is 0 Å². The number of likely N-dealkylation sites (tertiary alicyclic amines) is 1. The summed E-state index contributed by atoms with van der Waals surface area (Å²) in [5, 5.41) is 13.3. The standard InChI is InChI=1S/C27H26N2O5/c1-28(2)12-13-29-24(20-9-5-7-17-6-3-4-8-19(17)20)23(26(31)27(29)32)25(30)18-10-11-21-22(16-18)34-15-14-33-21/h3-11,16,24,30H,12-15H2,1-2H3/b25-23+. The summed E-state index contributed by atoms with van der Waals surface area (Å²) in [5.41, 5.74) is 1.28. The Balaban J connectivity index is 1.69. The number of aliphatic hydroxyl groups excluding tert-OH is 1. The summed E-state index contributed by atoms with van der Waals surface area (Å²) in [7, 11) is 3.83. The Morgan fingerprint density at radius 1 is 1.00 bits per heavy atom. The highest BCUT2D eigenvalue weighted by Crippen LogP contribution is 2.42. The van der Waals surface area contributed by atoms with Crippen LogP contribution in [-0.4, -0.2) is 67.0 Å². The van der Waals surface area contributed by atoms with Gasteiger partial charge in [-0.25, -0.2) is 0 Å². The quantitative estimate of drug-likeness (QED) is 0.358. The van der Waals surface area contributed by atoms with E-state index in [-0.39, 0.29) is 11.3 Å². The molecule has 3 aromatic carbocycles. The van der Waals surface area contributed by atoms with Crippen molar-refractivity contribution in [2.75, 3.05) is 40.4 Å². The van der Waals surface area contributed by atoms with Crippen LogP contribution in [0.5, 0.6) is 11.5 Å².